The van der Waals surface area contributed by atoms with Crippen LogP contribution in [0.4, 0.5) is 26.3 Å². The van der Waals surface area contributed by atoms with Gasteiger partial charge in [-0.15, -0.1) is 0 Å². The fourth-order valence-corrected chi connectivity index (χ4v) is 3.25. The average Bonchev–Trinajstić information content (AvgIpc) is 3.02. The average molecular weight is 425 g/mol. The lowest BCUT2D eigenvalue weighted by Gasteiger charge is -2.20. The lowest BCUT2D eigenvalue weighted by atomic mass is 10.0. The monoisotopic (exact) mass is 425 g/mol. The number of nitrogens with zero attached hydrogens (tertiary/aromatic N) is 2. The van der Waals surface area contributed by atoms with E-state index in [0.29, 0.717) is 17.7 Å². The number of alkyl halides is 6. The minimum Gasteiger partial charge on any atom is -0.475 e. The largest absolute Gasteiger partial charge is 0.534 e. The third kappa shape index (κ3) is 4.45. The van der Waals surface area contributed by atoms with Crippen molar-refractivity contribution in [2.75, 3.05) is 0 Å². The van der Waals surface area contributed by atoms with E-state index in [-0.39, 0.29) is 18.0 Å². The fraction of sp³-hybridized carbons (Fsp3) is 0.667. The zero-order valence-corrected chi connectivity index (χ0v) is 14.2. The van der Waals surface area contributed by atoms with Gasteiger partial charge < -0.3 is 14.6 Å². The van der Waals surface area contributed by atoms with Crippen LogP contribution in [-0.2, 0) is 28.4 Å². The van der Waals surface area contributed by atoms with Gasteiger partial charge in [-0.3, -0.25) is 0 Å². The summed E-state index contributed by atoms with van der Waals surface area (Å²) in [6, 6.07) is 0.0912. The van der Waals surface area contributed by atoms with Gasteiger partial charge in [-0.25, -0.2) is 9.48 Å². The first-order valence-electron chi connectivity index (χ1n) is 7.26. The second-order valence-corrected chi connectivity index (χ2v) is 7.31. The highest BCUT2D eigenvalue weighted by molar-refractivity contribution is 7.87. The van der Waals surface area contributed by atoms with Crippen molar-refractivity contribution >= 4 is 16.1 Å². The smallest absolute Gasteiger partial charge is 0.475 e. The zero-order chi connectivity index (χ0) is 20.8. The van der Waals surface area contributed by atoms with E-state index < -0.39 is 27.8 Å². The van der Waals surface area contributed by atoms with Crippen LogP contribution in [0.5, 0.6) is 5.88 Å². The van der Waals surface area contributed by atoms with Gasteiger partial charge in [0.25, 0.3) is 0 Å². The van der Waals surface area contributed by atoms with Gasteiger partial charge in [-0.1, -0.05) is 0 Å². The minimum atomic E-state index is -5.67. The molecule has 0 radical (unpaired) electrons. The highest BCUT2D eigenvalue weighted by atomic mass is 32.2. The van der Waals surface area contributed by atoms with Crippen LogP contribution in [0.15, 0.2) is 0 Å². The van der Waals surface area contributed by atoms with E-state index in [1.807, 2.05) is 0 Å². The molecule has 0 aliphatic carbocycles. The molecular weight excluding hydrogens is 412 g/mol. The maximum Gasteiger partial charge on any atom is 0.534 e. The van der Waals surface area contributed by atoms with Crippen molar-refractivity contribution in [3.05, 3.63) is 11.3 Å². The molecule has 15 heteroatoms. The predicted octanol–water partition coefficient (Wildman–Crippen LogP) is 1.63. The summed E-state index contributed by atoms with van der Waals surface area (Å²) in [6.45, 7) is 0. The standard InChI is InChI=1S/C10H12F3N3O3S.C2HF3O2/c1-16-9(19-20(17,18)10(11,12)13)6-4-5-2-3-7(14-5)8(6)15-16;3-2(4,5)1(6)7/h5,7,14H,2-4H2,1H3;(H,6,7). The van der Waals surface area contributed by atoms with Crippen molar-refractivity contribution < 1.29 is 48.8 Å². The molecule has 1 saturated heterocycles. The molecule has 0 saturated carbocycles. The summed E-state index contributed by atoms with van der Waals surface area (Å²) in [6.07, 6.45) is -2.95. The Balaban J connectivity index is 0.000000321. The van der Waals surface area contributed by atoms with Crippen molar-refractivity contribution in [3.8, 4) is 5.88 Å². The van der Waals surface area contributed by atoms with Crippen LogP contribution in [0, 0.1) is 0 Å². The zero-order valence-electron chi connectivity index (χ0n) is 13.4. The first-order chi connectivity index (χ1) is 12.1. The predicted molar refractivity (Wildman–Crippen MR) is 75.1 cm³/mol. The van der Waals surface area contributed by atoms with Crippen LogP contribution in [0.25, 0.3) is 0 Å². The molecule has 3 heterocycles. The fourth-order valence-electron chi connectivity index (χ4n) is 2.74. The number of hydrogen-bond acceptors (Lipinski definition) is 6. The topological polar surface area (TPSA) is 111 Å². The van der Waals surface area contributed by atoms with Gasteiger partial charge in [-0.2, -0.15) is 39.9 Å². The maximum absolute atomic E-state index is 12.4. The second-order valence-electron chi connectivity index (χ2n) is 5.78. The van der Waals surface area contributed by atoms with Gasteiger partial charge in [0.1, 0.15) is 0 Å². The Hall–Kier alpha value is -2.03. The molecule has 1 aromatic rings. The normalized spacial score (nSPS) is 21.9. The quantitative estimate of drug-likeness (QED) is 0.421. The summed E-state index contributed by atoms with van der Waals surface area (Å²) in [5, 5.41) is 14.5. The number of carboxylic acid groups (broad SMARTS) is 1. The molecular formula is C12H13F6N3O5S. The SMILES string of the molecule is Cn1nc2c(c1OS(=O)(=O)C(F)(F)F)CC1CCC2N1.O=C(O)C(F)(F)F. The van der Waals surface area contributed by atoms with E-state index in [1.165, 1.54) is 7.05 Å². The Morgan fingerprint density at radius 1 is 1.26 bits per heavy atom. The van der Waals surface area contributed by atoms with Crippen LogP contribution in [0.3, 0.4) is 0 Å². The van der Waals surface area contributed by atoms with E-state index in [2.05, 4.69) is 14.6 Å². The van der Waals surface area contributed by atoms with Crippen molar-refractivity contribution in [1.29, 1.82) is 0 Å². The number of fused-ring (bicyclic) bond motifs is 4. The van der Waals surface area contributed by atoms with Crippen molar-refractivity contribution in [1.82, 2.24) is 15.1 Å². The van der Waals surface area contributed by atoms with Crippen molar-refractivity contribution in [3.63, 3.8) is 0 Å². The number of carboxylic acids is 1. The van der Waals surface area contributed by atoms with Gasteiger partial charge in [-0.05, 0) is 19.3 Å². The number of halogens is 6. The third-order valence-corrected chi connectivity index (χ3v) is 4.80. The highest BCUT2D eigenvalue weighted by Crippen LogP contribution is 2.40. The first kappa shape index (κ1) is 21.3. The molecule has 1 fully saturated rings. The molecule has 8 nitrogen and oxygen atoms in total. The third-order valence-electron chi connectivity index (χ3n) is 3.85. The molecule has 2 atom stereocenters. The van der Waals surface area contributed by atoms with Crippen molar-refractivity contribution in [2.45, 2.75) is 43.0 Å². The number of nitrogens with one attached hydrogen (secondary N) is 1. The summed E-state index contributed by atoms with van der Waals surface area (Å²) in [5.41, 5.74) is -4.42. The van der Waals surface area contributed by atoms with E-state index in [4.69, 9.17) is 9.90 Å². The molecule has 0 aromatic carbocycles. The van der Waals surface area contributed by atoms with Crippen LogP contribution in [-0.4, -0.2) is 47.0 Å². The maximum atomic E-state index is 12.4. The summed E-state index contributed by atoms with van der Waals surface area (Å²) < 4.78 is 96.5. The lowest BCUT2D eigenvalue weighted by molar-refractivity contribution is -0.192. The first-order valence-corrected chi connectivity index (χ1v) is 8.67. The molecule has 1 aromatic heterocycles. The van der Waals surface area contributed by atoms with E-state index in [9.17, 15) is 34.8 Å². The molecule has 2 unspecified atom stereocenters. The molecule has 2 aliphatic heterocycles. The second kappa shape index (κ2) is 6.85. The minimum absolute atomic E-state index is 0.0408. The van der Waals surface area contributed by atoms with E-state index in [1.54, 1.807) is 0 Å². The summed E-state index contributed by atoms with van der Waals surface area (Å²) >= 11 is 0. The molecule has 2 N–H and O–H groups in total. The Morgan fingerprint density at radius 2 is 1.81 bits per heavy atom. The number of aromatic nitrogens is 2. The van der Waals surface area contributed by atoms with E-state index in [0.717, 1.165) is 17.5 Å². The Labute approximate surface area is 148 Å². The number of hydrogen-bond donors (Lipinski definition) is 2. The highest BCUT2D eigenvalue weighted by Gasteiger charge is 2.50. The Kier molecular flexibility index (Phi) is 5.40. The number of carbonyl (C=O) groups is 1. The number of aliphatic carboxylic acids is 1. The molecule has 27 heavy (non-hydrogen) atoms. The van der Waals surface area contributed by atoms with Crippen LogP contribution < -0.4 is 9.50 Å². The molecule has 0 amide bonds. The molecule has 0 spiro atoms. The molecule has 3 rings (SSSR count). The van der Waals surface area contributed by atoms with Crippen molar-refractivity contribution in [2.24, 2.45) is 7.05 Å². The van der Waals surface area contributed by atoms with Gasteiger partial charge in [0, 0.05) is 18.7 Å². The summed E-state index contributed by atoms with van der Waals surface area (Å²) in [4.78, 5) is 8.90. The van der Waals surface area contributed by atoms with Gasteiger partial charge in [0.15, 0.2) is 0 Å². The van der Waals surface area contributed by atoms with Gasteiger partial charge in [0.05, 0.1) is 11.7 Å². The van der Waals surface area contributed by atoms with Gasteiger partial charge >= 0.3 is 27.8 Å². The number of rotatable bonds is 2. The lowest BCUT2D eigenvalue weighted by Crippen LogP contribution is -2.32. The molecule has 2 bridgehead atoms. The Bertz CT molecular complexity index is 832. The van der Waals surface area contributed by atoms with Crippen LogP contribution in [0.1, 0.15) is 30.1 Å². The van der Waals surface area contributed by atoms with Gasteiger partial charge in [0.2, 0.25) is 5.88 Å². The molecule has 2 aliphatic rings. The Morgan fingerprint density at radius 3 is 2.30 bits per heavy atom. The number of aryl methyl sites for hydroxylation is 1. The van der Waals surface area contributed by atoms with Crippen LogP contribution in [0.2, 0.25) is 0 Å². The van der Waals surface area contributed by atoms with E-state index >= 15 is 0 Å². The summed E-state index contributed by atoms with van der Waals surface area (Å²) in [7, 11) is -4.30. The summed E-state index contributed by atoms with van der Waals surface area (Å²) in [5.74, 6) is -3.09. The van der Waals surface area contributed by atoms with Crippen LogP contribution >= 0.6 is 0 Å². The molecule has 154 valence electrons.